The van der Waals surface area contributed by atoms with Crippen molar-refractivity contribution in [2.45, 2.75) is 32.7 Å². The van der Waals surface area contributed by atoms with Crippen LogP contribution in [-0.2, 0) is 0 Å². The van der Waals surface area contributed by atoms with Crippen molar-refractivity contribution in [3.05, 3.63) is 23.2 Å². The minimum absolute atomic E-state index is 0.158. The molecule has 1 aromatic carbocycles. The Morgan fingerprint density at radius 3 is 2.65 bits per heavy atom. The van der Waals surface area contributed by atoms with Crippen molar-refractivity contribution in [2.24, 2.45) is 0 Å². The maximum Gasteiger partial charge on any atom is 0.138 e. The first-order chi connectivity index (χ1) is 7.98. The van der Waals surface area contributed by atoms with E-state index < -0.39 is 0 Å². The summed E-state index contributed by atoms with van der Waals surface area (Å²) in [6.45, 7) is 6.75. The second-order valence-corrected chi connectivity index (χ2v) is 4.97. The maximum absolute atomic E-state index is 8.96. The smallest absolute Gasteiger partial charge is 0.138 e. The standard InChI is InChI=1S/C13H20ClNO2/c1-4-17-12-6-5-10(9-11(12)14)15-13(2,3)7-8-16/h5-6,9,15-16H,4,7-8H2,1-3H3. The lowest BCUT2D eigenvalue weighted by Gasteiger charge is -2.27. The van der Waals surface area contributed by atoms with Crippen molar-refractivity contribution in [2.75, 3.05) is 18.5 Å². The molecule has 17 heavy (non-hydrogen) atoms. The number of hydrogen-bond donors (Lipinski definition) is 2. The van der Waals surface area contributed by atoms with E-state index in [0.29, 0.717) is 23.8 Å². The molecule has 1 aromatic rings. The molecular weight excluding hydrogens is 238 g/mol. The molecule has 0 saturated heterocycles. The van der Waals surface area contributed by atoms with Crippen LogP contribution in [0.25, 0.3) is 0 Å². The summed E-state index contributed by atoms with van der Waals surface area (Å²) in [6, 6.07) is 5.62. The molecule has 3 nitrogen and oxygen atoms in total. The highest BCUT2D eigenvalue weighted by molar-refractivity contribution is 6.32. The molecule has 0 bridgehead atoms. The molecule has 0 fully saturated rings. The number of anilines is 1. The molecule has 4 heteroatoms. The first-order valence-corrected chi connectivity index (χ1v) is 6.17. The number of ether oxygens (including phenoxy) is 1. The molecule has 2 N–H and O–H groups in total. The Bertz CT molecular complexity index is 366. The molecule has 0 aliphatic carbocycles. The van der Waals surface area contributed by atoms with Crippen LogP contribution in [0.4, 0.5) is 5.69 Å². The van der Waals surface area contributed by atoms with Crippen molar-refractivity contribution >= 4 is 17.3 Å². The quantitative estimate of drug-likeness (QED) is 0.822. The van der Waals surface area contributed by atoms with Crippen molar-refractivity contribution in [3.63, 3.8) is 0 Å². The highest BCUT2D eigenvalue weighted by Gasteiger charge is 2.16. The molecule has 0 unspecified atom stereocenters. The summed E-state index contributed by atoms with van der Waals surface area (Å²) < 4.78 is 5.37. The summed E-state index contributed by atoms with van der Waals surface area (Å²) in [5, 5.41) is 12.9. The molecule has 0 aliphatic heterocycles. The number of rotatable bonds is 6. The van der Waals surface area contributed by atoms with Gasteiger partial charge < -0.3 is 15.2 Å². The highest BCUT2D eigenvalue weighted by Crippen LogP contribution is 2.29. The Morgan fingerprint density at radius 2 is 2.12 bits per heavy atom. The van der Waals surface area contributed by atoms with Crippen molar-refractivity contribution in [1.29, 1.82) is 0 Å². The maximum atomic E-state index is 8.96. The van der Waals surface area contributed by atoms with Crippen LogP contribution in [0.1, 0.15) is 27.2 Å². The van der Waals surface area contributed by atoms with Crippen molar-refractivity contribution in [3.8, 4) is 5.75 Å². The molecule has 0 saturated carbocycles. The van der Waals surface area contributed by atoms with Gasteiger partial charge in [0, 0.05) is 17.8 Å². The third kappa shape index (κ3) is 4.44. The predicted molar refractivity (Wildman–Crippen MR) is 72.0 cm³/mol. The van der Waals surface area contributed by atoms with Crippen LogP contribution >= 0.6 is 11.6 Å². The predicted octanol–water partition coefficient (Wildman–Crippen LogP) is 3.31. The van der Waals surface area contributed by atoms with Gasteiger partial charge in [-0.2, -0.15) is 0 Å². The summed E-state index contributed by atoms with van der Waals surface area (Å²) in [5.41, 5.74) is 0.766. The van der Waals surface area contributed by atoms with Crippen LogP contribution in [0, 0.1) is 0 Å². The van der Waals surface area contributed by atoms with E-state index in [1.807, 2.05) is 39.0 Å². The van der Waals surface area contributed by atoms with E-state index >= 15 is 0 Å². The van der Waals surface area contributed by atoms with Gasteiger partial charge in [0.1, 0.15) is 5.75 Å². The van der Waals surface area contributed by atoms with E-state index in [9.17, 15) is 0 Å². The minimum Gasteiger partial charge on any atom is -0.492 e. The molecule has 0 radical (unpaired) electrons. The molecule has 0 aromatic heterocycles. The zero-order chi connectivity index (χ0) is 12.9. The number of hydrogen-bond acceptors (Lipinski definition) is 3. The zero-order valence-corrected chi connectivity index (χ0v) is 11.3. The van der Waals surface area contributed by atoms with Crippen molar-refractivity contribution in [1.82, 2.24) is 0 Å². The number of benzene rings is 1. The van der Waals surface area contributed by atoms with Gasteiger partial charge in [-0.1, -0.05) is 11.6 Å². The largest absolute Gasteiger partial charge is 0.492 e. The Balaban J connectivity index is 2.76. The van der Waals surface area contributed by atoms with E-state index in [-0.39, 0.29) is 12.1 Å². The van der Waals surface area contributed by atoms with Crippen LogP contribution in [0.5, 0.6) is 5.75 Å². The zero-order valence-electron chi connectivity index (χ0n) is 10.6. The Kier molecular flexibility index (Phi) is 5.09. The third-order valence-electron chi connectivity index (χ3n) is 2.45. The Hall–Kier alpha value is -0.930. The lowest BCUT2D eigenvalue weighted by atomic mass is 10.0. The topological polar surface area (TPSA) is 41.5 Å². The van der Waals surface area contributed by atoms with E-state index in [4.69, 9.17) is 21.4 Å². The normalized spacial score (nSPS) is 11.4. The summed E-state index contributed by atoms with van der Waals surface area (Å²) in [6.07, 6.45) is 0.678. The number of aliphatic hydroxyl groups is 1. The van der Waals surface area contributed by atoms with Gasteiger partial charge in [-0.15, -0.1) is 0 Å². The molecular formula is C13H20ClNO2. The van der Waals surface area contributed by atoms with Crippen LogP contribution in [0.15, 0.2) is 18.2 Å². The van der Waals surface area contributed by atoms with Gasteiger partial charge >= 0.3 is 0 Å². The van der Waals surface area contributed by atoms with E-state index in [1.54, 1.807) is 0 Å². The van der Waals surface area contributed by atoms with E-state index in [0.717, 1.165) is 5.69 Å². The SMILES string of the molecule is CCOc1ccc(NC(C)(C)CCO)cc1Cl. The molecule has 1 rings (SSSR count). The lowest BCUT2D eigenvalue weighted by molar-refractivity contribution is 0.261. The Labute approximate surface area is 108 Å². The van der Waals surface area contributed by atoms with Crippen LogP contribution in [0.3, 0.4) is 0 Å². The second kappa shape index (κ2) is 6.12. The van der Waals surface area contributed by atoms with Gasteiger partial charge in [0.05, 0.1) is 11.6 Å². The number of aliphatic hydroxyl groups excluding tert-OH is 1. The monoisotopic (exact) mass is 257 g/mol. The molecule has 0 amide bonds. The Morgan fingerprint density at radius 1 is 1.41 bits per heavy atom. The first kappa shape index (κ1) is 14.1. The fraction of sp³-hybridized carbons (Fsp3) is 0.538. The lowest BCUT2D eigenvalue weighted by Crippen LogP contribution is -2.31. The van der Waals surface area contributed by atoms with Crippen LogP contribution < -0.4 is 10.1 Å². The number of nitrogens with one attached hydrogen (secondary N) is 1. The third-order valence-corrected chi connectivity index (χ3v) is 2.75. The van der Waals surface area contributed by atoms with Gasteiger partial charge in [-0.3, -0.25) is 0 Å². The van der Waals surface area contributed by atoms with Gasteiger partial charge in [0.2, 0.25) is 0 Å². The van der Waals surface area contributed by atoms with Gasteiger partial charge in [0.15, 0.2) is 0 Å². The van der Waals surface area contributed by atoms with Gasteiger partial charge in [0.25, 0.3) is 0 Å². The van der Waals surface area contributed by atoms with E-state index in [1.165, 1.54) is 0 Å². The summed E-state index contributed by atoms with van der Waals surface area (Å²) >= 11 is 6.10. The molecule has 0 heterocycles. The molecule has 0 spiro atoms. The minimum atomic E-state index is -0.161. The molecule has 96 valence electrons. The average Bonchev–Trinajstić information content (AvgIpc) is 2.21. The van der Waals surface area contributed by atoms with Gasteiger partial charge in [-0.25, -0.2) is 0 Å². The van der Waals surface area contributed by atoms with Crippen molar-refractivity contribution < 1.29 is 9.84 Å². The second-order valence-electron chi connectivity index (χ2n) is 4.56. The fourth-order valence-corrected chi connectivity index (χ4v) is 1.82. The molecule has 0 aliphatic rings. The van der Waals surface area contributed by atoms with Crippen LogP contribution in [0.2, 0.25) is 5.02 Å². The van der Waals surface area contributed by atoms with Gasteiger partial charge in [-0.05, 0) is 45.4 Å². The summed E-state index contributed by atoms with van der Waals surface area (Å²) in [4.78, 5) is 0. The first-order valence-electron chi connectivity index (χ1n) is 5.80. The fourth-order valence-electron chi connectivity index (χ4n) is 1.58. The average molecular weight is 258 g/mol. The molecule has 0 atom stereocenters. The summed E-state index contributed by atoms with van der Waals surface area (Å²) in [5.74, 6) is 0.694. The number of halogens is 1. The summed E-state index contributed by atoms with van der Waals surface area (Å²) in [7, 11) is 0. The van der Waals surface area contributed by atoms with Crippen LogP contribution in [-0.4, -0.2) is 23.9 Å². The van der Waals surface area contributed by atoms with E-state index in [2.05, 4.69) is 5.32 Å². The highest BCUT2D eigenvalue weighted by atomic mass is 35.5.